The molecule has 0 aliphatic carbocycles. The lowest BCUT2D eigenvalue weighted by molar-refractivity contribution is -0.387. The van der Waals surface area contributed by atoms with Crippen LogP contribution in [0.25, 0.3) is 0 Å². The van der Waals surface area contributed by atoms with Crippen LogP contribution in [0.3, 0.4) is 0 Å². The smallest absolute Gasteiger partial charge is 0.363 e. The number of rotatable bonds is 1. The van der Waals surface area contributed by atoms with E-state index < -0.39 is 33.6 Å². The normalized spacial score (nSPS) is 18.9. The third-order valence-corrected chi connectivity index (χ3v) is 3.32. The van der Waals surface area contributed by atoms with Crippen molar-refractivity contribution in [2.24, 2.45) is 0 Å². The molecule has 0 spiro atoms. The van der Waals surface area contributed by atoms with Gasteiger partial charge in [-0.1, -0.05) is 11.8 Å². The summed E-state index contributed by atoms with van der Waals surface area (Å²) >= 11 is 0.496. The van der Waals surface area contributed by atoms with Crippen LogP contribution in [0.4, 0.5) is 24.5 Å². The summed E-state index contributed by atoms with van der Waals surface area (Å²) in [6.45, 7) is 0. The van der Waals surface area contributed by atoms with Crippen LogP contribution in [0.5, 0.6) is 0 Å². The number of fused-ring (bicyclic) bond motifs is 1. The van der Waals surface area contributed by atoms with Gasteiger partial charge in [0.15, 0.2) is 0 Å². The maximum absolute atomic E-state index is 12.5. The quantitative estimate of drug-likeness (QED) is 0.606. The zero-order valence-electron chi connectivity index (χ0n) is 8.38. The molecule has 1 aromatic rings. The maximum Gasteiger partial charge on any atom is 0.416 e. The van der Waals surface area contributed by atoms with Gasteiger partial charge in [-0.3, -0.25) is 15.3 Å². The molecule has 0 saturated carbocycles. The number of halogens is 3. The standard InChI is InChI=1S/C8H5F3N2O4S/c9-8(10,11)3-1-4-6(5(2-3)13(16)17)18-7(14)12(4)15/h1-2,7,14-15H. The Morgan fingerprint density at radius 1 is 1.44 bits per heavy atom. The van der Waals surface area contributed by atoms with Gasteiger partial charge in [0.25, 0.3) is 5.69 Å². The van der Waals surface area contributed by atoms with Crippen molar-refractivity contribution in [1.82, 2.24) is 0 Å². The number of hydroxylamine groups is 1. The SMILES string of the molecule is O=[N+]([O-])c1cc(C(F)(F)F)cc2c1SC(O)N2O. The highest BCUT2D eigenvalue weighted by Gasteiger charge is 2.40. The first-order valence-electron chi connectivity index (χ1n) is 4.44. The summed E-state index contributed by atoms with van der Waals surface area (Å²) < 4.78 is 37.6. The predicted molar refractivity (Wildman–Crippen MR) is 54.2 cm³/mol. The average molecular weight is 282 g/mol. The summed E-state index contributed by atoms with van der Waals surface area (Å²) in [7, 11) is 0. The third-order valence-electron chi connectivity index (χ3n) is 2.25. The molecule has 98 valence electrons. The van der Waals surface area contributed by atoms with E-state index in [2.05, 4.69) is 0 Å². The highest BCUT2D eigenvalue weighted by Crippen LogP contribution is 2.49. The van der Waals surface area contributed by atoms with Gasteiger partial charge < -0.3 is 5.11 Å². The minimum absolute atomic E-state index is 0.155. The van der Waals surface area contributed by atoms with E-state index >= 15 is 0 Å². The Labute approximate surface area is 102 Å². The Bertz CT molecular complexity index is 522. The van der Waals surface area contributed by atoms with Gasteiger partial charge in [-0.05, 0) is 6.07 Å². The Hall–Kier alpha value is -1.52. The zero-order chi connectivity index (χ0) is 13.7. The van der Waals surface area contributed by atoms with Gasteiger partial charge in [-0.2, -0.15) is 13.2 Å². The van der Waals surface area contributed by atoms with Crippen LogP contribution in [0.1, 0.15) is 5.56 Å². The van der Waals surface area contributed by atoms with E-state index in [1.165, 1.54) is 0 Å². The molecule has 0 radical (unpaired) electrons. The lowest BCUT2D eigenvalue weighted by Crippen LogP contribution is -2.24. The van der Waals surface area contributed by atoms with Crippen LogP contribution < -0.4 is 5.06 Å². The average Bonchev–Trinajstić information content (AvgIpc) is 2.52. The fraction of sp³-hybridized carbons (Fsp3) is 0.250. The Balaban J connectivity index is 2.66. The molecule has 1 aliphatic rings. The number of nitro benzene ring substituents is 1. The molecular formula is C8H5F3N2O4S. The van der Waals surface area contributed by atoms with Crippen molar-refractivity contribution in [3.05, 3.63) is 27.8 Å². The molecule has 1 heterocycles. The van der Waals surface area contributed by atoms with E-state index in [1.807, 2.05) is 0 Å². The van der Waals surface area contributed by atoms with E-state index in [9.17, 15) is 33.6 Å². The van der Waals surface area contributed by atoms with Crippen molar-refractivity contribution in [3.8, 4) is 0 Å². The van der Waals surface area contributed by atoms with Gasteiger partial charge in [0.2, 0.25) is 5.56 Å². The fourth-order valence-electron chi connectivity index (χ4n) is 1.46. The number of alkyl halides is 3. The van der Waals surface area contributed by atoms with E-state index in [-0.39, 0.29) is 9.96 Å². The molecule has 1 atom stereocenters. The largest absolute Gasteiger partial charge is 0.416 e. The zero-order valence-corrected chi connectivity index (χ0v) is 9.20. The second kappa shape index (κ2) is 4.00. The van der Waals surface area contributed by atoms with Crippen LogP contribution in [0.15, 0.2) is 17.0 Å². The molecule has 1 aliphatic heterocycles. The van der Waals surface area contributed by atoms with Gasteiger partial charge in [0.05, 0.1) is 16.2 Å². The van der Waals surface area contributed by atoms with Crippen LogP contribution in [-0.2, 0) is 6.18 Å². The number of hydrogen-bond acceptors (Lipinski definition) is 6. The summed E-state index contributed by atoms with van der Waals surface area (Å²) in [6.07, 6.45) is -4.78. The fourth-order valence-corrected chi connectivity index (χ4v) is 2.41. The lowest BCUT2D eigenvalue weighted by atomic mass is 10.1. The predicted octanol–water partition coefficient (Wildman–Crippen LogP) is 2.19. The molecule has 6 nitrogen and oxygen atoms in total. The number of benzene rings is 1. The first-order valence-corrected chi connectivity index (χ1v) is 5.32. The highest BCUT2D eigenvalue weighted by atomic mass is 32.2. The van der Waals surface area contributed by atoms with Crippen LogP contribution in [-0.4, -0.2) is 20.8 Å². The first kappa shape index (κ1) is 12.9. The Morgan fingerprint density at radius 2 is 2.06 bits per heavy atom. The van der Waals surface area contributed by atoms with Gasteiger partial charge in [-0.15, -0.1) is 0 Å². The summed E-state index contributed by atoms with van der Waals surface area (Å²) in [6, 6.07) is 0.920. The third kappa shape index (κ3) is 1.98. The van der Waals surface area contributed by atoms with E-state index in [0.29, 0.717) is 23.9 Å². The molecule has 1 aromatic carbocycles. The van der Waals surface area contributed by atoms with Gasteiger partial charge in [-0.25, -0.2) is 5.06 Å². The molecule has 18 heavy (non-hydrogen) atoms. The summed E-state index contributed by atoms with van der Waals surface area (Å²) in [5.41, 5.74) is -4.07. The molecule has 0 aromatic heterocycles. The molecule has 0 fully saturated rings. The summed E-state index contributed by atoms with van der Waals surface area (Å²) in [4.78, 5) is 9.50. The summed E-state index contributed by atoms with van der Waals surface area (Å²) in [5.74, 6) is 0. The van der Waals surface area contributed by atoms with Crippen molar-refractivity contribution in [1.29, 1.82) is 0 Å². The maximum atomic E-state index is 12.5. The molecule has 0 bridgehead atoms. The lowest BCUT2D eigenvalue weighted by Gasteiger charge is -2.14. The monoisotopic (exact) mass is 282 g/mol. The first-order chi connectivity index (χ1) is 8.21. The Kier molecular flexibility index (Phi) is 2.87. The Morgan fingerprint density at radius 3 is 2.56 bits per heavy atom. The number of hydrogen-bond donors (Lipinski definition) is 2. The van der Waals surface area contributed by atoms with Crippen molar-refractivity contribution >= 4 is 23.1 Å². The molecule has 2 rings (SSSR count). The molecule has 2 N–H and O–H groups in total. The van der Waals surface area contributed by atoms with Crippen molar-refractivity contribution in [2.75, 3.05) is 5.06 Å². The van der Waals surface area contributed by atoms with Crippen LogP contribution >= 0.6 is 11.8 Å². The topological polar surface area (TPSA) is 86.8 Å². The van der Waals surface area contributed by atoms with Gasteiger partial charge in [0, 0.05) is 6.07 Å². The minimum Gasteiger partial charge on any atom is -0.363 e. The minimum atomic E-state index is -4.78. The van der Waals surface area contributed by atoms with Crippen molar-refractivity contribution in [3.63, 3.8) is 0 Å². The van der Waals surface area contributed by atoms with Crippen molar-refractivity contribution < 1.29 is 28.4 Å². The second-order valence-electron chi connectivity index (χ2n) is 3.39. The number of thioether (sulfide) groups is 1. The number of nitro groups is 1. The number of aliphatic hydroxyl groups is 1. The second-order valence-corrected chi connectivity index (χ2v) is 4.45. The van der Waals surface area contributed by atoms with Gasteiger partial charge >= 0.3 is 6.18 Å². The van der Waals surface area contributed by atoms with Crippen LogP contribution in [0, 0.1) is 10.1 Å². The van der Waals surface area contributed by atoms with E-state index in [0.717, 1.165) is 0 Å². The van der Waals surface area contributed by atoms with E-state index in [1.54, 1.807) is 0 Å². The number of anilines is 1. The molecule has 0 saturated heterocycles. The summed E-state index contributed by atoms with van der Waals surface area (Å²) in [5, 5.41) is 29.4. The van der Waals surface area contributed by atoms with Crippen LogP contribution in [0.2, 0.25) is 0 Å². The molecule has 0 amide bonds. The number of aliphatic hydroxyl groups excluding tert-OH is 1. The molecule has 10 heteroatoms. The van der Waals surface area contributed by atoms with Crippen molar-refractivity contribution in [2.45, 2.75) is 16.6 Å². The number of nitrogens with zero attached hydrogens (tertiary/aromatic N) is 2. The highest BCUT2D eigenvalue weighted by molar-refractivity contribution is 8.00. The van der Waals surface area contributed by atoms with E-state index in [4.69, 9.17) is 0 Å². The molecular weight excluding hydrogens is 277 g/mol. The van der Waals surface area contributed by atoms with Gasteiger partial charge in [0.1, 0.15) is 4.90 Å². The molecule has 1 unspecified atom stereocenters.